The van der Waals surface area contributed by atoms with Gasteiger partial charge in [-0.2, -0.15) is 0 Å². The third-order valence-corrected chi connectivity index (χ3v) is 3.38. The van der Waals surface area contributed by atoms with Crippen LogP contribution in [0.25, 0.3) is 22.6 Å². The number of hydrogen-bond donors (Lipinski definition) is 1. The van der Waals surface area contributed by atoms with Crippen LogP contribution in [-0.2, 0) is 11.3 Å². The number of rotatable bonds is 4. The van der Waals surface area contributed by atoms with Crippen molar-refractivity contribution in [2.45, 2.75) is 6.54 Å². The zero-order chi connectivity index (χ0) is 15.5. The number of para-hydroxylation sites is 1. The van der Waals surface area contributed by atoms with Gasteiger partial charge in [0.25, 0.3) is 0 Å². The van der Waals surface area contributed by atoms with Crippen LogP contribution in [0.15, 0.2) is 46.9 Å². The van der Waals surface area contributed by atoms with Gasteiger partial charge in [0, 0.05) is 12.1 Å². The average molecular weight is 296 g/mol. The molecule has 3 rings (SSSR count). The fraction of sp³-hybridized carbons (Fsp3) is 0.176. The molecule has 0 spiro atoms. The molecule has 0 radical (unpaired) electrons. The number of benzene rings is 2. The molecule has 1 N–H and O–H groups in total. The van der Waals surface area contributed by atoms with E-state index in [1.165, 1.54) is 7.11 Å². The topological polar surface area (TPSA) is 64.4 Å². The Bertz CT molecular complexity index is 824. The number of esters is 1. The Kier molecular flexibility index (Phi) is 3.89. The molecule has 22 heavy (non-hydrogen) atoms. The summed E-state index contributed by atoms with van der Waals surface area (Å²) < 4.78 is 10.6. The van der Waals surface area contributed by atoms with Gasteiger partial charge in [-0.3, -0.25) is 0 Å². The first-order valence-electron chi connectivity index (χ1n) is 6.94. The molecule has 1 aromatic heterocycles. The molecule has 0 bridgehead atoms. The van der Waals surface area contributed by atoms with E-state index in [0.717, 1.165) is 17.7 Å². The van der Waals surface area contributed by atoms with E-state index < -0.39 is 5.97 Å². The Morgan fingerprint density at radius 1 is 1.27 bits per heavy atom. The highest BCUT2D eigenvalue weighted by molar-refractivity contribution is 6.01. The smallest absolute Gasteiger partial charge is 0.341 e. The maximum Gasteiger partial charge on any atom is 0.341 e. The van der Waals surface area contributed by atoms with E-state index in [9.17, 15) is 4.79 Å². The van der Waals surface area contributed by atoms with Gasteiger partial charge in [0.15, 0.2) is 5.58 Å². The second-order valence-electron chi connectivity index (χ2n) is 4.90. The molecule has 1 heterocycles. The second-order valence-corrected chi connectivity index (χ2v) is 4.90. The quantitative estimate of drug-likeness (QED) is 0.750. The van der Waals surface area contributed by atoms with E-state index in [-0.39, 0.29) is 0 Å². The monoisotopic (exact) mass is 296 g/mol. The number of aromatic nitrogens is 1. The number of nitrogens with one attached hydrogen (secondary N) is 1. The second kappa shape index (κ2) is 5.99. The van der Waals surface area contributed by atoms with Crippen LogP contribution >= 0.6 is 0 Å². The van der Waals surface area contributed by atoms with E-state index >= 15 is 0 Å². The molecule has 5 nitrogen and oxygen atoms in total. The molecular weight excluding hydrogens is 280 g/mol. The lowest BCUT2D eigenvalue weighted by atomic mass is 10.1. The van der Waals surface area contributed by atoms with Gasteiger partial charge in [-0.15, -0.1) is 0 Å². The first-order chi connectivity index (χ1) is 10.7. The third-order valence-electron chi connectivity index (χ3n) is 3.38. The Labute approximate surface area is 127 Å². The minimum absolute atomic E-state index is 0.380. The van der Waals surface area contributed by atoms with Crippen molar-refractivity contribution in [1.82, 2.24) is 10.3 Å². The number of methoxy groups -OCH3 is 1. The molecule has 0 amide bonds. The van der Waals surface area contributed by atoms with Crippen molar-refractivity contribution in [2.75, 3.05) is 14.2 Å². The van der Waals surface area contributed by atoms with Crippen LogP contribution in [0, 0.1) is 0 Å². The van der Waals surface area contributed by atoms with Gasteiger partial charge < -0.3 is 14.5 Å². The van der Waals surface area contributed by atoms with Crippen LogP contribution in [0.1, 0.15) is 15.9 Å². The first-order valence-corrected chi connectivity index (χ1v) is 6.94. The zero-order valence-corrected chi connectivity index (χ0v) is 12.4. The average Bonchev–Trinajstić information content (AvgIpc) is 2.99. The highest BCUT2D eigenvalue weighted by atomic mass is 16.5. The van der Waals surface area contributed by atoms with Crippen molar-refractivity contribution in [1.29, 1.82) is 0 Å². The molecule has 0 saturated heterocycles. The van der Waals surface area contributed by atoms with E-state index in [0.29, 0.717) is 22.6 Å². The summed E-state index contributed by atoms with van der Waals surface area (Å²) in [7, 11) is 3.24. The van der Waals surface area contributed by atoms with Gasteiger partial charge in [-0.25, -0.2) is 9.78 Å². The normalized spacial score (nSPS) is 10.8. The molecule has 5 heteroatoms. The molecule has 0 unspecified atom stereocenters. The summed E-state index contributed by atoms with van der Waals surface area (Å²) in [6.07, 6.45) is 0. The van der Waals surface area contributed by atoms with E-state index in [1.54, 1.807) is 12.1 Å². The Balaban J connectivity index is 2.09. The van der Waals surface area contributed by atoms with E-state index in [2.05, 4.69) is 10.3 Å². The number of nitrogens with zero attached hydrogens (tertiary/aromatic N) is 1. The third kappa shape index (κ3) is 2.58. The molecular formula is C17H16N2O3. The van der Waals surface area contributed by atoms with Crippen molar-refractivity contribution in [3.63, 3.8) is 0 Å². The van der Waals surface area contributed by atoms with Crippen molar-refractivity contribution in [3.8, 4) is 11.5 Å². The van der Waals surface area contributed by atoms with Gasteiger partial charge in [-0.05, 0) is 36.9 Å². The van der Waals surface area contributed by atoms with Crippen LogP contribution in [0.4, 0.5) is 0 Å². The zero-order valence-electron chi connectivity index (χ0n) is 12.4. The number of ether oxygens (including phenoxy) is 1. The van der Waals surface area contributed by atoms with E-state index in [4.69, 9.17) is 9.15 Å². The highest BCUT2D eigenvalue weighted by Gasteiger charge is 2.16. The first kappa shape index (κ1) is 14.3. The summed E-state index contributed by atoms with van der Waals surface area (Å²) in [5.74, 6) is 0.0570. The SMILES string of the molecule is CNCc1cccc(-c2nc3cccc(C(=O)OC)c3o2)c1. The number of oxazole rings is 1. The molecule has 0 saturated carbocycles. The van der Waals surface area contributed by atoms with Crippen LogP contribution < -0.4 is 5.32 Å². The Hall–Kier alpha value is -2.66. The molecule has 0 aliphatic rings. The lowest BCUT2D eigenvalue weighted by Gasteiger charge is -2.01. The summed E-state index contributed by atoms with van der Waals surface area (Å²) >= 11 is 0. The van der Waals surface area contributed by atoms with Gasteiger partial charge in [-0.1, -0.05) is 18.2 Å². The van der Waals surface area contributed by atoms with Gasteiger partial charge in [0.2, 0.25) is 5.89 Å². The molecule has 2 aromatic carbocycles. The number of hydrogen-bond acceptors (Lipinski definition) is 5. The van der Waals surface area contributed by atoms with Crippen LogP contribution in [0.3, 0.4) is 0 Å². The van der Waals surface area contributed by atoms with Crippen LogP contribution in [0.5, 0.6) is 0 Å². The van der Waals surface area contributed by atoms with Crippen molar-refractivity contribution in [2.24, 2.45) is 0 Å². The van der Waals surface area contributed by atoms with Gasteiger partial charge in [0.05, 0.1) is 7.11 Å². The minimum atomic E-state index is -0.433. The summed E-state index contributed by atoms with van der Waals surface area (Å²) in [6.45, 7) is 0.765. The molecule has 0 atom stereocenters. The lowest BCUT2D eigenvalue weighted by molar-refractivity contribution is 0.0602. The number of carbonyl (C=O) groups is 1. The molecule has 3 aromatic rings. The maximum atomic E-state index is 11.8. The van der Waals surface area contributed by atoms with Gasteiger partial charge >= 0.3 is 5.97 Å². The van der Waals surface area contributed by atoms with Gasteiger partial charge in [0.1, 0.15) is 11.1 Å². The summed E-state index contributed by atoms with van der Waals surface area (Å²) in [5.41, 5.74) is 3.47. The molecule has 0 aliphatic heterocycles. The van der Waals surface area contributed by atoms with Crippen LogP contribution in [-0.4, -0.2) is 25.1 Å². The Morgan fingerprint density at radius 2 is 2.09 bits per heavy atom. The highest BCUT2D eigenvalue weighted by Crippen LogP contribution is 2.27. The maximum absolute atomic E-state index is 11.8. The Morgan fingerprint density at radius 3 is 2.86 bits per heavy atom. The lowest BCUT2D eigenvalue weighted by Crippen LogP contribution is -2.04. The summed E-state index contributed by atoms with van der Waals surface area (Å²) in [4.78, 5) is 16.3. The number of fused-ring (bicyclic) bond motifs is 1. The van der Waals surface area contributed by atoms with Crippen molar-refractivity contribution >= 4 is 17.1 Å². The summed E-state index contributed by atoms with van der Waals surface area (Å²) in [6, 6.07) is 13.2. The van der Waals surface area contributed by atoms with E-state index in [1.807, 2.05) is 37.4 Å². The van der Waals surface area contributed by atoms with Crippen molar-refractivity contribution < 1.29 is 13.9 Å². The fourth-order valence-corrected chi connectivity index (χ4v) is 2.36. The van der Waals surface area contributed by atoms with Crippen molar-refractivity contribution in [3.05, 3.63) is 53.6 Å². The fourth-order valence-electron chi connectivity index (χ4n) is 2.36. The summed E-state index contributed by atoms with van der Waals surface area (Å²) in [5, 5.41) is 3.11. The molecule has 112 valence electrons. The molecule has 0 fully saturated rings. The largest absolute Gasteiger partial charge is 0.465 e. The predicted molar refractivity (Wildman–Crippen MR) is 83.5 cm³/mol. The standard InChI is InChI=1S/C17H16N2O3/c1-18-10-11-5-3-6-12(9-11)16-19-14-8-4-7-13(15(14)22-16)17(20)21-2/h3-9,18H,10H2,1-2H3. The predicted octanol–water partition coefficient (Wildman–Crippen LogP) is 3.00. The molecule has 0 aliphatic carbocycles. The number of carbonyl (C=O) groups excluding carboxylic acids is 1. The van der Waals surface area contributed by atoms with Crippen LogP contribution in [0.2, 0.25) is 0 Å². The minimum Gasteiger partial charge on any atom is -0.465 e.